The Labute approximate surface area is 183 Å². The maximum atomic E-state index is 12.5. The lowest BCUT2D eigenvalue weighted by molar-refractivity contribution is -0.384. The van der Waals surface area contributed by atoms with Gasteiger partial charge in [-0.05, 0) is 23.3 Å². The molecule has 1 atom stereocenters. The number of hydrogen-bond acceptors (Lipinski definition) is 4. The molecule has 8 heteroatoms. The largest absolute Gasteiger partial charge is 0.361 e. The third-order valence-electron chi connectivity index (χ3n) is 5.19. The summed E-state index contributed by atoms with van der Waals surface area (Å²) in [5.74, 6) is -1.89. The molecule has 160 valence electrons. The second-order valence-electron chi connectivity index (χ2n) is 7.22. The SMILES string of the molecule is O=C(NC[C@H](c1ccccc1)c1c[nH]c2ccccc12)C(=O)Nc1cccc([N+](=O)[O-])c1. The van der Waals surface area contributed by atoms with Crippen LogP contribution in [0.4, 0.5) is 11.4 Å². The number of aromatic amines is 1. The molecule has 0 aliphatic heterocycles. The van der Waals surface area contributed by atoms with Crippen LogP contribution >= 0.6 is 0 Å². The van der Waals surface area contributed by atoms with Crippen molar-refractivity contribution in [1.29, 1.82) is 0 Å². The summed E-state index contributed by atoms with van der Waals surface area (Å²) in [4.78, 5) is 38.4. The number of nitro groups is 1. The number of aromatic nitrogens is 1. The van der Waals surface area contributed by atoms with Crippen molar-refractivity contribution in [2.45, 2.75) is 5.92 Å². The second kappa shape index (κ2) is 9.13. The lowest BCUT2D eigenvalue weighted by Gasteiger charge is -2.18. The Kier molecular flexibility index (Phi) is 5.94. The standard InChI is InChI=1S/C24H20N4O4/c29-23(24(30)27-17-9-6-10-18(13-17)28(31)32)26-14-20(16-7-2-1-3-8-16)21-15-25-22-12-5-4-11-19(21)22/h1-13,15,20,25H,14H2,(H,26,29)(H,27,30)/t20-/m1/s1. The lowest BCUT2D eigenvalue weighted by Crippen LogP contribution is -2.37. The van der Waals surface area contributed by atoms with Gasteiger partial charge in [0.1, 0.15) is 0 Å². The van der Waals surface area contributed by atoms with Crippen LogP contribution in [0.3, 0.4) is 0 Å². The minimum absolute atomic E-state index is 0.174. The Balaban J connectivity index is 1.51. The van der Waals surface area contributed by atoms with Gasteiger partial charge in [-0.15, -0.1) is 0 Å². The smallest absolute Gasteiger partial charge is 0.313 e. The second-order valence-corrected chi connectivity index (χ2v) is 7.22. The number of nitro benzene ring substituents is 1. The van der Waals surface area contributed by atoms with E-state index in [1.165, 1.54) is 24.3 Å². The fourth-order valence-electron chi connectivity index (χ4n) is 3.64. The average Bonchev–Trinajstić information content (AvgIpc) is 3.24. The van der Waals surface area contributed by atoms with Gasteiger partial charge >= 0.3 is 11.8 Å². The van der Waals surface area contributed by atoms with Gasteiger partial charge in [-0.3, -0.25) is 19.7 Å². The van der Waals surface area contributed by atoms with Crippen molar-refractivity contribution in [3.8, 4) is 0 Å². The summed E-state index contributed by atoms with van der Waals surface area (Å²) in [7, 11) is 0. The zero-order valence-electron chi connectivity index (χ0n) is 16.9. The molecule has 0 saturated carbocycles. The molecule has 0 aliphatic carbocycles. The molecule has 32 heavy (non-hydrogen) atoms. The summed E-state index contributed by atoms with van der Waals surface area (Å²) in [5.41, 5.74) is 2.99. The molecular weight excluding hydrogens is 408 g/mol. The molecule has 8 nitrogen and oxygen atoms in total. The summed E-state index contributed by atoms with van der Waals surface area (Å²) in [5, 5.41) is 17.0. The fraction of sp³-hybridized carbons (Fsp3) is 0.0833. The van der Waals surface area contributed by atoms with Crippen LogP contribution in [0.1, 0.15) is 17.0 Å². The summed E-state index contributed by atoms with van der Waals surface area (Å²) in [6, 6.07) is 23.0. The van der Waals surface area contributed by atoms with Crippen LogP contribution in [0.25, 0.3) is 10.9 Å². The predicted molar refractivity (Wildman–Crippen MR) is 121 cm³/mol. The van der Waals surface area contributed by atoms with Gasteiger partial charge in [0.25, 0.3) is 5.69 Å². The molecular formula is C24H20N4O4. The molecule has 1 aromatic heterocycles. The number of rotatable bonds is 6. The number of non-ortho nitro benzene ring substituents is 1. The van der Waals surface area contributed by atoms with E-state index >= 15 is 0 Å². The molecule has 0 spiro atoms. The molecule has 4 aromatic rings. The van der Waals surface area contributed by atoms with Gasteiger partial charge in [-0.1, -0.05) is 54.6 Å². The quantitative estimate of drug-likeness (QED) is 0.245. The number of nitrogens with zero attached hydrogens (tertiary/aromatic N) is 1. The van der Waals surface area contributed by atoms with Crippen molar-refractivity contribution in [1.82, 2.24) is 10.3 Å². The van der Waals surface area contributed by atoms with Crippen molar-refractivity contribution in [2.75, 3.05) is 11.9 Å². The Morgan fingerprint density at radius 2 is 1.69 bits per heavy atom. The Hall–Kier alpha value is -4.46. The highest BCUT2D eigenvalue weighted by Gasteiger charge is 2.21. The number of anilines is 1. The van der Waals surface area contributed by atoms with Crippen molar-refractivity contribution in [3.05, 3.63) is 106 Å². The number of H-pyrrole nitrogens is 1. The first kappa shape index (κ1) is 20.8. The number of carbonyl (C=O) groups excluding carboxylic acids is 2. The van der Waals surface area contributed by atoms with Gasteiger partial charge in [-0.2, -0.15) is 0 Å². The molecule has 0 unspecified atom stereocenters. The van der Waals surface area contributed by atoms with Crippen molar-refractivity contribution in [2.24, 2.45) is 0 Å². The Morgan fingerprint density at radius 3 is 2.47 bits per heavy atom. The van der Waals surface area contributed by atoms with E-state index in [0.717, 1.165) is 22.0 Å². The van der Waals surface area contributed by atoms with E-state index in [1.807, 2.05) is 60.8 Å². The molecule has 4 rings (SSSR count). The van der Waals surface area contributed by atoms with Crippen molar-refractivity contribution < 1.29 is 14.5 Å². The van der Waals surface area contributed by atoms with E-state index in [0.29, 0.717) is 0 Å². The molecule has 0 radical (unpaired) electrons. The van der Waals surface area contributed by atoms with E-state index in [4.69, 9.17) is 0 Å². The number of amides is 2. The maximum absolute atomic E-state index is 12.5. The first-order chi connectivity index (χ1) is 15.5. The molecule has 0 aliphatic rings. The summed E-state index contributed by atoms with van der Waals surface area (Å²) in [6.45, 7) is 0.201. The number of benzene rings is 3. The fourth-order valence-corrected chi connectivity index (χ4v) is 3.64. The minimum Gasteiger partial charge on any atom is -0.361 e. The molecule has 2 amide bonds. The van der Waals surface area contributed by atoms with Crippen LogP contribution in [-0.4, -0.2) is 28.3 Å². The number of nitrogens with one attached hydrogen (secondary N) is 3. The number of hydrogen-bond donors (Lipinski definition) is 3. The molecule has 0 fully saturated rings. The van der Waals surface area contributed by atoms with Crippen LogP contribution in [0, 0.1) is 10.1 Å². The number of para-hydroxylation sites is 1. The van der Waals surface area contributed by atoms with E-state index in [1.54, 1.807) is 0 Å². The third-order valence-corrected chi connectivity index (χ3v) is 5.19. The van der Waals surface area contributed by atoms with Gasteiger partial charge < -0.3 is 15.6 Å². The van der Waals surface area contributed by atoms with Gasteiger partial charge in [0, 0.05) is 47.4 Å². The highest BCUT2D eigenvalue weighted by molar-refractivity contribution is 6.39. The average molecular weight is 428 g/mol. The summed E-state index contributed by atoms with van der Waals surface area (Å²) >= 11 is 0. The van der Waals surface area contributed by atoms with Gasteiger partial charge in [0.2, 0.25) is 0 Å². The molecule has 0 saturated heterocycles. The number of carbonyl (C=O) groups is 2. The van der Waals surface area contributed by atoms with E-state index in [9.17, 15) is 19.7 Å². The van der Waals surface area contributed by atoms with Crippen LogP contribution in [0.5, 0.6) is 0 Å². The lowest BCUT2D eigenvalue weighted by atomic mass is 9.91. The van der Waals surface area contributed by atoms with E-state index in [2.05, 4.69) is 15.6 Å². The van der Waals surface area contributed by atoms with E-state index in [-0.39, 0.29) is 23.8 Å². The molecule has 3 aromatic carbocycles. The number of fused-ring (bicyclic) bond motifs is 1. The Morgan fingerprint density at radius 1 is 0.938 bits per heavy atom. The zero-order valence-corrected chi connectivity index (χ0v) is 16.9. The first-order valence-corrected chi connectivity index (χ1v) is 9.97. The molecule has 1 heterocycles. The molecule has 3 N–H and O–H groups in total. The van der Waals surface area contributed by atoms with Crippen LogP contribution < -0.4 is 10.6 Å². The summed E-state index contributed by atoms with van der Waals surface area (Å²) in [6.07, 6.45) is 1.91. The van der Waals surface area contributed by atoms with Crippen molar-refractivity contribution in [3.63, 3.8) is 0 Å². The first-order valence-electron chi connectivity index (χ1n) is 9.97. The summed E-state index contributed by atoms with van der Waals surface area (Å²) < 4.78 is 0. The predicted octanol–water partition coefficient (Wildman–Crippen LogP) is 3.96. The van der Waals surface area contributed by atoms with Crippen molar-refractivity contribution >= 4 is 34.1 Å². The topological polar surface area (TPSA) is 117 Å². The van der Waals surface area contributed by atoms with Crippen LogP contribution in [0.15, 0.2) is 85.1 Å². The van der Waals surface area contributed by atoms with E-state index < -0.39 is 16.7 Å². The van der Waals surface area contributed by atoms with Gasteiger partial charge in [0.05, 0.1) is 4.92 Å². The zero-order chi connectivity index (χ0) is 22.5. The van der Waals surface area contributed by atoms with Gasteiger partial charge in [-0.25, -0.2) is 0 Å². The molecule has 0 bridgehead atoms. The van der Waals surface area contributed by atoms with Crippen LogP contribution in [-0.2, 0) is 9.59 Å². The highest BCUT2D eigenvalue weighted by Crippen LogP contribution is 2.30. The highest BCUT2D eigenvalue weighted by atomic mass is 16.6. The minimum atomic E-state index is -0.892. The van der Waals surface area contributed by atoms with Crippen LogP contribution in [0.2, 0.25) is 0 Å². The normalized spacial score (nSPS) is 11.6. The third kappa shape index (κ3) is 4.49. The maximum Gasteiger partial charge on any atom is 0.313 e. The van der Waals surface area contributed by atoms with Gasteiger partial charge in [0.15, 0.2) is 0 Å². The Bertz CT molecular complexity index is 1280. The monoisotopic (exact) mass is 428 g/mol.